The molecule has 0 spiro atoms. The number of carbonyl (C=O) groups excluding carboxylic acids is 4. The van der Waals surface area contributed by atoms with Gasteiger partial charge in [0.15, 0.2) is 6.10 Å². The highest BCUT2D eigenvalue weighted by atomic mass is 16.8. The molecule has 1 aliphatic rings. The summed E-state index contributed by atoms with van der Waals surface area (Å²) in [5, 5.41) is 0. The van der Waals surface area contributed by atoms with Gasteiger partial charge in [0.1, 0.15) is 12.2 Å². The molecule has 1 fully saturated rings. The van der Waals surface area contributed by atoms with Gasteiger partial charge in [0.25, 0.3) is 0 Å². The third kappa shape index (κ3) is 5.29. The molecule has 152 valence electrons. The lowest BCUT2D eigenvalue weighted by Crippen LogP contribution is -2.48. The van der Waals surface area contributed by atoms with E-state index in [1.54, 1.807) is 30.3 Å². The minimum atomic E-state index is -1.42. The first-order valence-corrected chi connectivity index (χ1v) is 8.54. The fourth-order valence-electron chi connectivity index (χ4n) is 2.81. The van der Waals surface area contributed by atoms with Gasteiger partial charge >= 0.3 is 23.9 Å². The first-order chi connectivity index (χ1) is 13.1. The van der Waals surface area contributed by atoms with Crippen LogP contribution in [-0.2, 0) is 38.1 Å². The summed E-state index contributed by atoms with van der Waals surface area (Å²) in [5.74, 6) is -2.66. The van der Waals surface area contributed by atoms with Gasteiger partial charge in [-0.1, -0.05) is 18.2 Å². The lowest BCUT2D eigenvalue weighted by molar-refractivity contribution is -0.206. The van der Waals surface area contributed by atoms with E-state index in [2.05, 4.69) is 0 Å². The standard InChI is InChI=1S/C19H22O9/c1-11(20)25-15-16(26-12(2)21)19(4,28-18(15)27-13(3)22)10-24-17(23)14-8-6-5-7-9-14/h5-9,15-16,18H,10H2,1-4H3/t15?,16?,18?,19-/m1/s1. The van der Waals surface area contributed by atoms with Crippen LogP contribution in [0, 0.1) is 0 Å². The average molecular weight is 394 g/mol. The average Bonchev–Trinajstić information content (AvgIpc) is 2.84. The Labute approximate surface area is 161 Å². The van der Waals surface area contributed by atoms with Crippen LogP contribution in [0.15, 0.2) is 30.3 Å². The highest BCUT2D eigenvalue weighted by molar-refractivity contribution is 5.89. The number of benzene rings is 1. The highest BCUT2D eigenvalue weighted by Crippen LogP contribution is 2.36. The van der Waals surface area contributed by atoms with Crippen molar-refractivity contribution in [2.75, 3.05) is 6.61 Å². The van der Waals surface area contributed by atoms with Crippen molar-refractivity contribution >= 4 is 23.9 Å². The Morgan fingerprint density at radius 3 is 2.04 bits per heavy atom. The summed E-state index contributed by atoms with van der Waals surface area (Å²) in [7, 11) is 0. The number of esters is 4. The van der Waals surface area contributed by atoms with Crippen molar-refractivity contribution in [2.45, 2.75) is 51.8 Å². The van der Waals surface area contributed by atoms with Crippen LogP contribution < -0.4 is 0 Å². The molecule has 9 heteroatoms. The minimum Gasteiger partial charge on any atom is -0.459 e. The summed E-state index contributed by atoms with van der Waals surface area (Å²) >= 11 is 0. The first-order valence-electron chi connectivity index (χ1n) is 8.54. The molecule has 0 amide bonds. The summed E-state index contributed by atoms with van der Waals surface area (Å²) in [6.45, 7) is 4.63. The van der Waals surface area contributed by atoms with Gasteiger partial charge in [-0.2, -0.15) is 0 Å². The van der Waals surface area contributed by atoms with Crippen molar-refractivity contribution in [1.29, 1.82) is 0 Å². The molecule has 2 rings (SSSR count). The van der Waals surface area contributed by atoms with E-state index in [1.807, 2.05) is 0 Å². The molecule has 0 saturated carbocycles. The second-order valence-corrected chi connectivity index (χ2v) is 6.45. The molecule has 3 unspecified atom stereocenters. The number of hydrogen-bond acceptors (Lipinski definition) is 9. The zero-order chi connectivity index (χ0) is 20.9. The molecular formula is C19H22O9. The number of rotatable bonds is 6. The maximum Gasteiger partial charge on any atom is 0.338 e. The zero-order valence-corrected chi connectivity index (χ0v) is 16.0. The lowest BCUT2D eigenvalue weighted by Gasteiger charge is -2.29. The molecule has 0 aliphatic carbocycles. The molecule has 0 N–H and O–H groups in total. The third-order valence-electron chi connectivity index (χ3n) is 3.93. The van der Waals surface area contributed by atoms with Gasteiger partial charge in [-0.15, -0.1) is 0 Å². The van der Waals surface area contributed by atoms with Crippen molar-refractivity contribution in [3.05, 3.63) is 35.9 Å². The van der Waals surface area contributed by atoms with E-state index >= 15 is 0 Å². The van der Waals surface area contributed by atoms with Crippen molar-refractivity contribution in [3.8, 4) is 0 Å². The second-order valence-electron chi connectivity index (χ2n) is 6.45. The molecule has 0 radical (unpaired) electrons. The minimum absolute atomic E-state index is 0.321. The Morgan fingerprint density at radius 1 is 0.929 bits per heavy atom. The Balaban J connectivity index is 2.23. The van der Waals surface area contributed by atoms with E-state index in [-0.39, 0.29) is 6.61 Å². The topological polar surface area (TPSA) is 114 Å². The van der Waals surface area contributed by atoms with Crippen LogP contribution in [0.2, 0.25) is 0 Å². The molecule has 9 nitrogen and oxygen atoms in total. The number of hydrogen-bond donors (Lipinski definition) is 0. The monoisotopic (exact) mass is 394 g/mol. The van der Waals surface area contributed by atoms with Crippen LogP contribution in [-0.4, -0.2) is 54.6 Å². The van der Waals surface area contributed by atoms with Gasteiger partial charge < -0.3 is 23.7 Å². The maximum atomic E-state index is 12.2. The van der Waals surface area contributed by atoms with Crippen LogP contribution in [0.4, 0.5) is 0 Å². The molecule has 1 aliphatic heterocycles. The van der Waals surface area contributed by atoms with Gasteiger partial charge in [-0.25, -0.2) is 4.79 Å². The Hall–Kier alpha value is -2.94. The SMILES string of the molecule is CC(=O)OC1O[C@](C)(COC(=O)c2ccccc2)C(OC(C)=O)C1OC(C)=O. The molecule has 1 aromatic rings. The van der Waals surface area contributed by atoms with Crippen LogP contribution in [0.3, 0.4) is 0 Å². The normalized spacial score (nSPS) is 26.2. The fourth-order valence-corrected chi connectivity index (χ4v) is 2.81. The number of carbonyl (C=O) groups is 4. The molecule has 0 aromatic heterocycles. The van der Waals surface area contributed by atoms with E-state index < -0.39 is 48.0 Å². The maximum absolute atomic E-state index is 12.2. The lowest BCUT2D eigenvalue weighted by atomic mass is 9.98. The summed E-state index contributed by atoms with van der Waals surface area (Å²) in [5.41, 5.74) is -1.10. The van der Waals surface area contributed by atoms with Crippen molar-refractivity contribution in [2.24, 2.45) is 0 Å². The molecule has 4 atom stereocenters. The summed E-state index contributed by atoms with van der Waals surface area (Å²) in [6.07, 6.45) is -3.71. The predicted octanol–water partition coefficient (Wildman–Crippen LogP) is 1.38. The second kappa shape index (κ2) is 8.83. The summed E-state index contributed by atoms with van der Waals surface area (Å²) < 4.78 is 26.5. The Morgan fingerprint density at radius 2 is 1.50 bits per heavy atom. The van der Waals surface area contributed by atoms with Crippen molar-refractivity contribution in [3.63, 3.8) is 0 Å². The Kier molecular flexibility index (Phi) is 6.74. The predicted molar refractivity (Wildman–Crippen MR) is 92.9 cm³/mol. The van der Waals surface area contributed by atoms with Gasteiger partial charge in [0.05, 0.1) is 5.56 Å². The largest absolute Gasteiger partial charge is 0.459 e. The smallest absolute Gasteiger partial charge is 0.338 e. The highest BCUT2D eigenvalue weighted by Gasteiger charge is 2.59. The molecular weight excluding hydrogens is 372 g/mol. The summed E-state index contributed by atoms with van der Waals surface area (Å²) in [6, 6.07) is 8.27. The van der Waals surface area contributed by atoms with Crippen LogP contribution in [0.5, 0.6) is 0 Å². The van der Waals surface area contributed by atoms with E-state index in [0.717, 1.165) is 13.8 Å². The fraction of sp³-hybridized carbons (Fsp3) is 0.474. The third-order valence-corrected chi connectivity index (χ3v) is 3.93. The summed E-state index contributed by atoms with van der Waals surface area (Å²) in [4.78, 5) is 46.7. The van der Waals surface area contributed by atoms with E-state index in [9.17, 15) is 19.2 Å². The number of ether oxygens (including phenoxy) is 5. The van der Waals surface area contributed by atoms with Crippen molar-refractivity contribution < 1.29 is 42.9 Å². The van der Waals surface area contributed by atoms with Crippen LogP contribution >= 0.6 is 0 Å². The van der Waals surface area contributed by atoms with Gasteiger partial charge in [-0.3, -0.25) is 14.4 Å². The van der Waals surface area contributed by atoms with Gasteiger partial charge in [0, 0.05) is 20.8 Å². The first kappa shape index (κ1) is 21.4. The van der Waals surface area contributed by atoms with Crippen LogP contribution in [0.25, 0.3) is 0 Å². The quantitative estimate of drug-likeness (QED) is 0.521. The van der Waals surface area contributed by atoms with Gasteiger partial charge in [0.2, 0.25) is 12.4 Å². The molecule has 28 heavy (non-hydrogen) atoms. The van der Waals surface area contributed by atoms with E-state index in [4.69, 9.17) is 23.7 Å². The molecule has 1 aromatic carbocycles. The van der Waals surface area contributed by atoms with Crippen LogP contribution in [0.1, 0.15) is 38.1 Å². The van der Waals surface area contributed by atoms with E-state index in [1.165, 1.54) is 13.8 Å². The molecule has 0 bridgehead atoms. The van der Waals surface area contributed by atoms with E-state index in [0.29, 0.717) is 5.56 Å². The molecule has 1 saturated heterocycles. The zero-order valence-electron chi connectivity index (χ0n) is 16.0. The Bertz CT molecular complexity index is 745. The van der Waals surface area contributed by atoms with Crippen molar-refractivity contribution in [1.82, 2.24) is 0 Å². The molecule has 1 heterocycles. The van der Waals surface area contributed by atoms with Gasteiger partial charge in [-0.05, 0) is 19.1 Å².